The first-order valence-electron chi connectivity index (χ1n) is 9.53. The van der Waals surface area contributed by atoms with Gasteiger partial charge in [0.1, 0.15) is 6.23 Å². The molecular weight excluding hydrogens is 415 g/mol. The Kier molecular flexibility index (Phi) is 6.87. The molecule has 1 aliphatic rings. The highest BCUT2D eigenvalue weighted by atomic mass is 32.1. The van der Waals surface area contributed by atoms with Gasteiger partial charge in [-0.1, -0.05) is 0 Å². The number of fused-ring (bicyclic) bond motifs is 1. The zero-order chi connectivity index (χ0) is 21.3. The average molecular weight is 444 g/mol. The molecule has 0 amide bonds. The van der Waals surface area contributed by atoms with Gasteiger partial charge in [-0.2, -0.15) is 12.6 Å². The van der Waals surface area contributed by atoms with E-state index < -0.39 is 18.7 Å². The van der Waals surface area contributed by atoms with Crippen LogP contribution >= 0.6 is 20.1 Å². The van der Waals surface area contributed by atoms with Crippen molar-refractivity contribution in [3.8, 4) is 0 Å². The summed E-state index contributed by atoms with van der Waals surface area (Å²) in [5.41, 5.74) is 0.443. The third-order valence-electron chi connectivity index (χ3n) is 5.06. The first-order chi connectivity index (χ1) is 13.6. The highest BCUT2D eigenvalue weighted by Gasteiger charge is 2.36. The fourth-order valence-corrected chi connectivity index (χ4v) is 5.65. The summed E-state index contributed by atoms with van der Waals surface area (Å²) in [4.78, 5) is 24.8. The van der Waals surface area contributed by atoms with Crippen LogP contribution in [0.2, 0.25) is 0 Å². The molecule has 10 nitrogen and oxygen atoms in total. The Bertz CT molecular complexity index is 933. The highest BCUT2D eigenvalue weighted by molar-refractivity contribution is 7.90. The molecule has 1 unspecified atom stereocenters. The zero-order valence-corrected chi connectivity index (χ0v) is 19.1. The fraction of sp³-hybridized carbons (Fsp3) is 0.706. The van der Waals surface area contributed by atoms with Gasteiger partial charge in [0, 0.05) is 19.1 Å². The summed E-state index contributed by atoms with van der Waals surface area (Å²) in [6.45, 7) is 7.40. The number of aromatic nitrogens is 4. The van der Waals surface area contributed by atoms with Gasteiger partial charge in [-0.15, -0.1) is 0 Å². The number of H-pyrrole nitrogens is 1. The topological polar surface area (TPSA) is 106 Å². The van der Waals surface area contributed by atoms with Gasteiger partial charge < -0.3 is 14.2 Å². The van der Waals surface area contributed by atoms with Gasteiger partial charge in [0.05, 0.1) is 30.4 Å². The van der Waals surface area contributed by atoms with E-state index in [-0.39, 0.29) is 29.8 Å². The van der Waals surface area contributed by atoms with Crippen LogP contribution in [0.4, 0.5) is 0 Å². The quantitative estimate of drug-likeness (QED) is 0.492. The molecule has 0 aliphatic carbocycles. The summed E-state index contributed by atoms with van der Waals surface area (Å²) in [5.74, 6) is 0. The first kappa shape index (κ1) is 22.5. The van der Waals surface area contributed by atoms with Crippen molar-refractivity contribution in [1.29, 1.82) is 0 Å². The predicted molar refractivity (Wildman–Crippen MR) is 114 cm³/mol. The smallest absolute Gasteiger partial charge is 0.284 e. The number of morpholine rings is 1. The summed E-state index contributed by atoms with van der Waals surface area (Å²) in [5, 5.41) is 0. The minimum atomic E-state index is -3.08. The number of thiol groups is 1. The van der Waals surface area contributed by atoms with Gasteiger partial charge in [0.25, 0.3) is 13.1 Å². The molecule has 0 radical (unpaired) electrons. The summed E-state index contributed by atoms with van der Waals surface area (Å²) in [6.07, 6.45) is 2.22. The lowest BCUT2D eigenvalue weighted by molar-refractivity contribution is -0.136. The van der Waals surface area contributed by atoms with Crippen LogP contribution in [0.5, 0.6) is 0 Å². The van der Waals surface area contributed by atoms with Gasteiger partial charge in [0.15, 0.2) is 11.2 Å². The summed E-state index contributed by atoms with van der Waals surface area (Å²) in [6, 6.07) is 0.277. The Hall–Kier alpha value is -1.23. The minimum absolute atomic E-state index is 0.167. The second-order valence-corrected chi connectivity index (χ2v) is 11.8. The third-order valence-corrected chi connectivity index (χ3v) is 8.51. The van der Waals surface area contributed by atoms with Crippen LogP contribution in [0.25, 0.3) is 11.2 Å². The van der Waals surface area contributed by atoms with E-state index in [0.29, 0.717) is 18.7 Å². The molecule has 1 N–H and O–H groups in total. The van der Waals surface area contributed by atoms with E-state index in [4.69, 9.17) is 9.26 Å². The average Bonchev–Trinajstić information content (AvgIpc) is 3.11. The molecule has 2 aromatic heterocycles. The van der Waals surface area contributed by atoms with Crippen LogP contribution in [0.1, 0.15) is 27.0 Å². The third kappa shape index (κ3) is 4.60. The Labute approximate surface area is 175 Å². The molecule has 0 saturated carbocycles. The number of rotatable bonds is 7. The molecule has 29 heavy (non-hydrogen) atoms. The van der Waals surface area contributed by atoms with E-state index in [1.54, 1.807) is 36.6 Å². The van der Waals surface area contributed by atoms with Crippen molar-refractivity contribution in [1.82, 2.24) is 29.1 Å². The van der Waals surface area contributed by atoms with E-state index in [1.165, 1.54) is 6.33 Å². The molecule has 2 aromatic rings. The van der Waals surface area contributed by atoms with Crippen LogP contribution < -0.4 is 5.56 Å². The zero-order valence-electron chi connectivity index (χ0n) is 17.3. The molecule has 0 bridgehead atoms. The molecule has 1 aliphatic heterocycles. The predicted octanol–water partition coefficient (Wildman–Crippen LogP) is 1.77. The fourth-order valence-electron chi connectivity index (χ4n) is 3.33. The van der Waals surface area contributed by atoms with Crippen molar-refractivity contribution in [2.75, 3.05) is 33.8 Å². The highest BCUT2D eigenvalue weighted by Crippen LogP contribution is 2.55. The van der Waals surface area contributed by atoms with Crippen LogP contribution in [0.3, 0.4) is 0 Å². The van der Waals surface area contributed by atoms with Crippen LogP contribution in [0, 0.1) is 0 Å². The summed E-state index contributed by atoms with van der Waals surface area (Å²) >= 11 is 4.35. The second-order valence-electron chi connectivity index (χ2n) is 7.66. The van der Waals surface area contributed by atoms with Gasteiger partial charge in [-0.25, -0.2) is 14.6 Å². The number of nitrogens with one attached hydrogen (secondary N) is 1. The number of hydrogen-bond acceptors (Lipinski definition) is 8. The number of nitrogens with zero attached hydrogens (tertiary/aromatic N) is 5. The van der Waals surface area contributed by atoms with E-state index in [1.807, 2.05) is 0 Å². The standard InChI is InChI=1S/C17H29N6O4PS/c1-11(2)22-6-13(8-26-28(25,12(3)29)21(4)5)27-14(7-22)23-10-20-15-16(23)18-9-19-17(15)24/h9-14,29H,6-8H2,1-5H3,(H,18,19,24)/t12-,13-,14+,28?/m0/s1. The van der Waals surface area contributed by atoms with Crippen LogP contribution in [0.15, 0.2) is 17.4 Å². The van der Waals surface area contributed by atoms with Crippen LogP contribution in [-0.2, 0) is 13.8 Å². The van der Waals surface area contributed by atoms with Gasteiger partial charge in [0.2, 0.25) is 0 Å². The van der Waals surface area contributed by atoms with Crippen molar-refractivity contribution < 1.29 is 13.8 Å². The molecule has 12 heteroatoms. The molecule has 4 atom stereocenters. The number of imidazole rings is 1. The Morgan fingerprint density at radius 2 is 2.10 bits per heavy atom. The molecule has 0 aromatic carbocycles. The molecule has 0 spiro atoms. The lowest BCUT2D eigenvalue weighted by Crippen LogP contribution is -2.49. The monoisotopic (exact) mass is 444 g/mol. The molecule has 1 saturated heterocycles. The van der Waals surface area contributed by atoms with Crippen molar-refractivity contribution in [3.63, 3.8) is 0 Å². The largest absolute Gasteiger partial charge is 0.350 e. The summed E-state index contributed by atoms with van der Waals surface area (Å²) in [7, 11) is 0.366. The first-order valence-corrected chi connectivity index (χ1v) is 11.7. The van der Waals surface area contributed by atoms with E-state index in [0.717, 1.165) is 0 Å². The van der Waals surface area contributed by atoms with Crippen molar-refractivity contribution in [2.24, 2.45) is 0 Å². The Balaban J connectivity index is 1.83. The summed E-state index contributed by atoms with van der Waals surface area (Å²) < 4.78 is 28.5. The number of aromatic amines is 1. The van der Waals surface area contributed by atoms with Gasteiger partial charge in [-0.3, -0.25) is 18.8 Å². The Morgan fingerprint density at radius 3 is 2.72 bits per heavy atom. The van der Waals surface area contributed by atoms with Crippen molar-refractivity contribution in [3.05, 3.63) is 23.0 Å². The van der Waals surface area contributed by atoms with E-state index in [9.17, 15) is 9.36 Å². The maximum Gasteiger partial charge on any atom is 0.284 e. The van der Waals surface area contributed by atoms with Gasteiger partial charge >= 0.3 is 0 Å². The van der Waals surface area contributed by atoms with Gasteiger partial charge in [-0.05, 0) is 34.9 Å². The van der Waals surface area contributed by atoms with E-state index >= 15 is 0 Å². The SMILES string of the molecule is CC(C)N1C[C@@H](COP(=O)([C@H](C)S)N(C)C)O[C@@H](n2cnc3c(=O)[nH]cnc32)C1. The minimum Gasteiger partial charge on any atom is -0.350 e. The second kappa shape index (κ2) is 8.87. The molecule has 1 fully saturated rings. The molecular formula is C17H29N6O4PS. The number of ether oxygens (including phenoxy) is 1. The van der Waals surface area contributed by atoms with Crippen molar-refractivity contribution in [2.45, 2.75) is 44.1 Å². The van der Waals surface area contributed by atoms with E-state index in [2.05, 4.69) is 46.3 Å². The number of hydrogen-bond donors (Lipinski definition) is 2. The van der Waals surface area contributed by atoms with Crippen molar-refractivity contribution >= 4 is 31.3 Å². The Morgan fingerprint density at radius 1 is 1.38 bits per heavy atom. The molecule has 162 valence electrons. The lowest BCUT2D eigenvalue weighted by atomic mass is 10.2. The normalized spacial score (nSPS) is 24.3. The molecule has 3 rings (SSSR count). The maximum atomic E-state index is 13.1. The lowest BCUT2D eigenvalue weighted by Gasteiger charge is -2.41. The maximum absolute atomic E-state index is 13.1. The molecule has 3 heterocycles. The van der Waals surface area contributed by atoms with Crippen LogP contribution in [-0.4, -0.2) is 80.0 Å².